The zero-order valence-corrected chi connectivity index (χ0v) is 12.4. The van der Waals surface area contributed by atoms with Crippen molar-refractivity contribution >= 4 is 0 Å². The minimum Gasteiger partial charge on any atom is -0.310 e. The summed E-state index contributed by atoms with van der Waals surface area (Å²) in [4.78, 5) is 4.43. The Balaban J connectivity index is 2.24. The summed E-state index contributed by atoms with van der Waals surface area (Å²) in [6, 6.07) is 8.40. The van der Waals surface area contributed by atoms with Gasteiger partial charge in [-0.25, -0.2) is 0 Å². The summed E-state index contributed by atoms with van der Waals surface area (Å²) in [5, 5.41) is 11.9. The molecule has 0 aliphatic heterocycles. The van der Waals surface area contributed by atoms with Gasteiger partial charge in [-0.2, -0.15) is 10.2 Å². The number of pyridine rings is 1. The summed E-state index contributed by atoms with van der Waals surface area (Å²) >= 11 is 0. The molecule has 0 radical (unpaired) electrons. The molecule has 2 heterocycles. The second-order valence-electron chi connectivity index (χ2n) is 5.06. The summed E-state index contributed by atoms with van der Waals surface area (Å²) < 4.78 is 0. The van der Waals surface area contributed by atoms with Crippen LogP contribution in [0, 0.1) is 13.8 Å². The molecule has 0 spiro atoms. The maximum atomic E-state index is 4.43. The Hall–Kier alpha value is -1.81. The third-order valence-electron chi connectivity index (χ3n) is 3.30. The molecule has 4 heteroatoms. The largest absolute Gasteiger partial charge is 0.310 e. The van der Waals surface area contributed by atoms with Gasteiger partial charge in [-0.15, -0.1) is 0 Å². The second kappa shape index (κ2) is 7.10. The molecule has 1 N–H and O–H groups in total. The van der Waals surface area contributed by atoms with Crippen LogP contribution in [0.3, 0.4) is 0 Å². The van der Waals surface area contributed by atoms with Crippen molar-refractivity contribution in [2.75, 3.05) is 6.54 Å². The van der Waals surface area contributed by atoms with Crippen LogP contribution in [0.1, 0.15) is 42.0 Å². The van der Waals surface area contributed by atoms with Gasteiger partial charge in [0.25, 0.3) is 0 Å². The van der Waals surface area contributed by atoms with Gasteiger partial charge in [0.1, 0.15) is 0 Å². The van der Waals surface area contributed by atoms with Gasteiger partial charge >= 0.3 is 0 Å². The summed E-state index contributed by atoms with van der Waals surface area (Å²) in [5.41, 5.74) is 4.25. The first-order valence-corrected chi connectivity index (χ1v) is 7.14. The molecule has 2 aromatic rings. The smallest absolute Gasteiger partial charge is 0.0648 e. The Morgan fingerprint density at radius 3 is 2.75 bits per heavy atom. The van der Waals surface area contributed by atoms with Crippen LogP contribution in [0.2, 0.25) is 0 Å². The predicted molar refractivity (Wildman–Crippen MR) is 80.5 cm³/mol. The van der Waals surface area contributed by atoms with Crippen LogP contribution in [0.25, 0.3) is 0 Å². The Morgan fingerprint density at radius 2 is 2.05 bits per heavy atom. The minimum absolute atomic E-state index is 0.235. The first kappa shape index (κ1) is 14.6. The Kier molecular flexibility index (Phi) is 5.18. The van der Waals surface area contributed by atoms with E-state index in [1.54, 1.807) is 0 Å². The molecule has 2 rings (SSSR count). The summed E-state index contributed by atoms with van der Waals surface area (Å²) in [6.07, 6.45) is 3.82. The van der Waals surface area contributed by atoms with Gasteiger partial charge in [0.15, 0.2) is 0 Å². The first-order chi connectivity index (χ1) is 9.70. The molecule has 0 aromatic carbocycles. The zero-order chi connectivity index (χ0) is 14.4. The number of rotatable bonds is 6. The summed E-state index contributed by atoms with van der Waals surface area (Å²) in [6.45, 7) is 7.15. The van der Waals surface area contributed by atoms with E-state index in [9.17, 15) is 0 Å². The van der Waals surface area contributed by atoms with Crippen LogP contribution in [-0.4, -0.2) is 21.7 Å². The van der Waals surface area contributed by atoms with Gasteiger partial charge in [0.05, 0.1) is 11.4 Å². The molecular formula is C16H22N4. The highest BCUT2D eigenvalue weighted by Gasteiger charge is 2.16. The second-order valence-corrected chi connectivity index (χ2v) is 5.06. The number of hydrogen-bond acceptors (Lipinski definition) is 4. The molecule has 0 saturated heterocycles. The highest BCUT2D eigenvalue weighted by Crippen LogP contribution is 2.20. The van der Waals surface area contributed by atoms with Gasteiger partial charge in [-0.1, -0.05) is 13.0 Å². The third-order valence-corrected chi connectivity index (χ3v) is 3.30. The van der Waals surface area contributed by atoms with Crippen LogP contribution in [0.4, 0.5) is 0 Å². The van der Waals surface area contributed by atoms with E-state index in [0.29, 0.717) is 0 Å². The minimum atomic E-state index is 0.235. The molecule has 4 nitrogen and oxygen atoms in total. The number of hydrogen-bond donors (Lipinski definition) is 1. The summed E-state index contributed by atoms with van der Waals surface area (Å²) in [7, 11) is 0. The lowest BCUT2D eigenvalue weighted by Crippen LogP contribution is -2.25. The lowest BCUT2D eigenvalue weighted by atomic mass is 10.00. The normalized spacial score (nSPS) is 12.3. The van der Waals surface area contributed by atoms with Crippen LogP contribution in [0.5, 0.6) is 0 Å². The fourth-order valence-electron chi connectivity index (χ4n) is 2.26. The van der Waals surface area contributed by atoms with Gasteiger partial charge < -0.3 is 5.32 Å². The molecule has 2 aromatic heterocycles. The molecule has 1 unspecified atom stereocenters. The van der Waals surface area contributed by atoms with E-state index in [0.717, 1.165) is 36.5 Å². The van der Waals surface area contributed by atoms with Crippen LogP contribution in [-0.2, 0) is 6.42 Å². The molecule has 0 fully saturated rings. The lowest BCUT2D eigenvalue weighted by molar-refractivity contribution is 0.518. The average Bonchev–Trinajstić information content (AvgIpc) is 2.47. The topological polar surface area (TPSA) is 50.7 Å². The van der Waals surface area contributed by atoms with Crippen molar-refractivity contribution in [3.63, 3.8) is 0 Å². The molecule has 0 bridgehead atoms. The monoisotopic (exact) mass is 270 g/mol. The van der Waals surface area contributed by atoms with Crippen LogP contribution in [0.15, 0.2) is 30.5 Å². The molecule has 0 saturated carbocycles. The van der Waals surface area contributed by atoms with Crippen molar-refractivity contribution in [2.24, 2.45) is 0 Å². The van der Waals surface area contributed by atoms with Crippen molar-refractivity contribution in [1.29, 1.82) is 0 Å². The Bertz CT molecular complexity index is 539. The molecule has 0 amide bonds. The third kappa shape index (κ3) is 3.84. The zero-order valence-electron chi connectivity index (χ0n) is 12.4. The van der Waals surface area contributed by atoms with Gasteiger partial charge in [-0.05, 0) is 50.6 Å². The number of nitrogens with zero attached hydrogens (tertiary/aromatic N) is 3. The fourth-order valence-corrected chi connectivity index (χ4v) is 2.26. The highest BCUT2D eigenvalue weighted by molar-refractivity contribution is 5.25. The fraction of sp³-hybridized carbons (Fsp3) is 0.438. The van der Waals surface area contributed by atoms with Crippen molar-refractivity contribution in [2.45, 2.75) is 39.7 Å². The van der Waals surface area contributed by atoms with E-state index in [4.69, 9.17) is 0 Å². The maximum Gasteiger partial charge on any atom is 0.0648 e. The highest BCUT2D eigenvalue weighted by atomic mass is 15.1. The van der Waals surface area contributed by atoms with Crippen molar-refractivity contribution in [1.82, 2.24) is 20.5 Å². The molecule has 106 valence electrons. The quantitative estimate of drug-likeness (QED) is 0.877. The van der Waals surface area contributed by atoms with Gasteiger partial charge in [0.2, 0.25) is 0 Å². The Labute approximate surface area is 120 Å². The SMILES string of the molecule is CCCNC(Cc1ccccn1)c1cc(C)nnc1C. The number of nitrogens with one attached hydrogen (secondary N) is 1. The molecular weight excluding hydrogens is 248 g/mol. The van der Waals surface area contributed by atoms with E-state index in [-0.39, 0.29) is 6.04 Å². The summed E-state index contributed by atoms with van der Waals surface area (Å²) in [5.74, 6) is 0. The van der Waals surface area contributed by atoms with Gasteiger partial charge in [0, 0.05) is 24.4 Å². The predicted octanol–water partition coefficient (Wildman–Crippen LogP) is 2.77. The number of aromatic nitrogens is 3. The average molecular weight is 270 g/mol. The van der Waals surface area contributed by atoms with E-state index in [2.05, 4.69) is 39.6 Å². The first-order valence-electron chi connectivity index (χ1n) is 7.14. The molecule has 0 aliphatic carbocycles. The Morgan fingerprint density at radius 1 is 1.20 bits per heavy atom. The standard InChI is InChI=1S/C16H22N4/c1-4-8-18-16(11-14-7-5-6-9-17-14)15-10-12(2)19-20-13(15)3/h5-7,9-10,16,18H,4,8,11H2,1-3H3. The molecule has 1 atom stereocenters. The van der Waals surface area contributed by atoms with E-state index >= 15 is 0 Å². The van der Waals surface area contributed by atoms with Crippen molar-refractivity contribution < 1.29 is 0 Å². The molecule has 20 heavy (non-hydrogen) atoms. The number of aryl methyl sites for hydroxylation is 2. The maximum absolute atomic E-state index is 4.43. The van der Waals surface area contributed by atoms with E-state index in [1.165, 1.54) is 5.56 Å². The van der Waals surface area contributed by atoms with Crippen molar-refractivity contribution in [3.8, 4) is 0 Å². The van der Waals surface area contributed by atoms with Crippen molar-refractivity contribution in [3.05, 3.63) is 53.1 Å². The van der Waals surface area contributed by atoms with Crippen LogP contribution < -0.4 is 5.32 Å². The van der Waals surface area contributed by atoms with E-state index < -0.39 is 0 Å². The lowest BCUT2D eigenvalue weighted by Gasteiger charge is -2.20. The van der Waals surface area contributed by atoms with Crippen LogP contribution >= 0.6 is 0 Å². The van der Waals surface area contributed by atoms with Gasteiger partial charge in [-0.3, -0.25) is 4.98 Å². The molecule has 0 aliphatic rings. The van der Waals surface area contributed by atoms with E-state index in [1.807, 2.05) is 32.2 Å².